The number of carbonyl (C=O) groups excluding carboxylic acids is 2. The van der Waals surface area contributed by atoms with Gasteiger partial charge in [0.15, 0.2) is 0 Å². The van der Waals surface area contributed by atoms with Crippen molar-refractivity contribution < 1.29 is 29.3 Å². The van der Waals surface area contributed by atoms with Crippen LogP contribution in [0.25, 0.3) is 0 Å². The van der Waals surface area contributed by atoms with Crippen molar-refractivity contribution in [3.63, 3.8) is 0 Å². The summed E-state index contributed by atoms with van der Waals surface area (Å²) in [7, 11) is 0. The molecule has 0 bridgehead atoms. The molecule has 0 saturated carbocycles. The highest BCUT2D eigenvalue weighted by Gasteiger charge is 2.07. The Kier molecular flexibility index (Phi) is 14.3. The predicted octanol–water partition coefficient (Wildman–Crippen LogP) is 2.51. The Hall–Kier alpha value is -1.40. The Balaban J connectivity index is 3.75. The van der Waals surface area contributed by atoms with Gasteiger partial charge in [0.25, 0.3) is 0 Å². The molecule has 0 aromatic carbocycles. The third kappa shape index (κ3) is 14.2. The fraction of sp³-hybridized carbons (Fsp3) is 0.778. The second-order valence-corrected chi connectivity index (χ2v) is 5.84. The summed E-state index contributed by atoms with van der Waals surface area (Å²) in [6.07, 6.45) is 7.15. The number of carbonyl (C=O) groups is 2. The molecular formula is C18H32O6. The molecule has 0 aromatic rings. The molecule has 140 valence electrons. The van der Waals surface area contributed by atoms with Gasteiger partial charge in [-0.25, -0.2) is 9.59 Å². The minimum absolute atomic E-state index is 0.118. The predicted molar refractivity (Wildman–Crippen MR) is 91.4 cm³/mol. The zero-order chi connectivity index (χ0) is 18.2. The van der Waals surface area contributed by atoms with Crippen molar-refractivity contribution >= 4 is 11.9 Å². The number of hydrogen-bond donors (Lipinski definition) is 2. The van der Waals surface area contributed by atoms with Crippen LogP contribution in [0.2, 0.25) is 0 Å². The van der Waals surface area contributed by atoms with Crippen molar-refractivity contribution in [3.8, 4) is 0 Å². The minimum atomic E-state index is -0.641. The molecule has 0 aromatic heterocycles. The van der Waals surface area contributed by atoms with Crippen LogP contribution in [0, 0.1) is 0 Å². The third-order valence-corrected chi connectivity index (χ3v) is 3.53. The van der Waals surface area contributed by atoms with E-state index in [1.807, 2.05) is 13.8 Å². The van der Waals surface area contributed by atoms with Crippen LogP contribution in [0.5, 0.6) is 0 Å². The number of aliphatic hydroxyl groups is 2. The van der Waals surface area contributed by atoms with E-state index in [2.05, 4.69) is 0 Å². The lowest BCUT2D eigenvalue weighted by Gasteiger charge is -2.09. The first kappa shape index (κ1) is 22.6. The number of rotatable bonds is 14. The van der Waals surface area contributed by atoms with Gasteiger partial charge in [-0.1, -0.05) is 39.5 Å². The van der Waals surface area contributed by atoms with Crippen molar-refractivity contribution in [2.75, 3.05) is 13.2 Å². The lowest BCUT2D eigenvalue weighted by atomic mass is 10.1. The fourth-order valence-corrected chi connectivity index (χ4v) is 1.99. The quantitative estimate of drug-likeness (QED) is 0.371. The zero-order valence-corrected chi connectivity index (χ0v) is 14.9. The maximum Gasteiger partial charge on any atom is 0.331 e. The van der Waals surface area contributed by atoms with Gasteiger partial charge in [-0.15, -0.1) is 0 Å². The summed E-state index contributed by atoms with van der Waals surface area (Å²) in [5.74, 6) is -1.28. The Bertz CT molecular complexity index is 333. The molecule has 2 unspecified atom stereocenters. The first-order valence-corrected chi connectivity index (χ1v) is 8.87. The normalized spacial score (nSPS) is 13.7. The van der Waals surface area contributed by atoms with E-state index in [1.165, 1.54) is 0 Å². The van der Waals surface area contributed by atoms with E-state index in [4.69, 9.17) is 9.47 Å². The molecular weight excluding hydrogens is 312 g/mol. The second-order valence-electron chi connectivity index (χ2n) is 5.84. The van der Waals surface area contributed by atoms with Gasteiger partial charge in [0.1, 0.15) is 0 Å². The van der Waals surface area contributed by atoms with Gasteiger partial charge in [-0.2, -0.15) is 0 Å². The first-order valence-electron chi connectivity index (χ1n) is 8.87. The van der Waals surface area contributed by atoms with Gasteiger partial charge < -0.3 is 19.7 Å². The summed E-state index contributed by atoms with van der Waals surface area (Å²) in [6, 6.07) is 0. The fourth-order valence-electron chi connectivity index (χ4n) is 1.99. The molecule has 0 aliphatic rings. The van der Waals surface area contributed by atoms with Gasteiger partial charge in [-0.05, 0) is 12.8 Å². The molecule has 0 amide bonds. The van der Waals surface area contributed by atoms with Crippen LogP contribution >= 0.6 is 0 Å². The Morgan fingerprint density at radius 3 is 1.50 bits per heavy atom. The van der Waals surface area contributed by atoms with E-state index in [0.29, 0.717) is 25.7 Å². The maximum atomic E-state index is 11.4. The average Bonchev–Trinajstić information content (AvgIpc) is 2.56. The Morgan fingerprint density at radius 1 is 0.792 bits per heavy atom. The molecule has 2 N–H and O–H groups in total. The molecule has 6 heteroatoms. The van der Waals surface area contributed by atoms with Crippen LogP contribution in [0.4, 0.5) is 0 Å². The van der Waals surface area contributed by atoms with Crippen molar-refractivity contribution in [2.24, 2.45) is 0 Å². The number of esters is 2. The van der Waals surface area contributed by atoms with Crippen LogP contribution < -0.4 is 0 Å². The van der Waals surface area contributed by atoms with Crippen LogP contribution in [0.1, 0.15) is 65.2 Å². The molecule has 0 aliphatic heterocycles. The van der Waals surface area contributed by atoms with E-state index in [0.717, 1.165) is 37.8 Å². The highest BCUT2D eigenvalue weighted by molar-refractivity contribution is 5.91. The molecule has 6 nitrogen and oxygen atoms in total. The zero-order valence-electron chi connectivity index (χ0n) is 14.9. The van der Waals surface area contributed by atoms with Gasteiger partial charge in [0.2, 0.25) is 0 Å². The molecule has 24 heavy (non-hydrogen) atoms. The van der Waals surface area contributed by atoms with E-state index in [1.54, 1.807) is 0 Å². The molecule has 0 aliphatic carbocycles. The molecule has 0 saturated heterocycles. The average molecular weight is 344 g/mol. The smallest absolute Gasteiger partial charge is 0.331 e. The van der Waals surface area contributed by atoms with E-state index in [9.17, 15) is 19.8 Å². The van der Waals surface area contributed by atoms with Crippen LogP contribution in [-0.2, 0) is 19.1 Å². The summed E-state index contributed by atoms with van der Waals surface area (Å²) >= 11 is 0. The topological polar surface area (TPSA) is 93.1 Å². The van der Waals surface area contributed by atoms with Crippen molar-refractivity contribution in [2.45, 2.75) is 77.4 Å². The van der Waals surface area contributed by atoms with E-state index >= 15 is 0 Å². The van der Waals surface area contributed by atoms with Gasteiger partial charge in [-0.3, -0.25) is 0 Å². The Labute approximate surface area is 144 Å². The third-order valence-electron chi connectivity index (χ3n) is 3.53. The summed E-state index contributed by atoms with van der Waals surface area (Å²) in [6.45, 7) is 4.32. The number of ether oxygens (including phenoxy) is 2. The molecule has 0 spiro atoms. The van der Waals surface area contributed by atoms with Crippen LogP contribution in [-0.4, -0.2) is 47.6 Å². The first-order chi connectivity index (χ1) is 11.5. The SMILES string of the molecule is CCCCC(O)CCOC(=O)/C=C\C(=O)OCCC(O)CCCC. The van der Waals surface area contributed by atoms with E-state index in [-0.39, 0.29) is 13.2 Å². The number of hydrogen-bond acceptors (Lipinski definition) is 6. The summed E-state index contributed by atoms with van der Waals surface area (Å²) in [5.41, 5.74) is 0. The molecule has 0 heterocycles. The number of aliphatic hydroxyl groups excluding tert-OH is 2. The highest BCUT2D eigenvalue weighted by Crippen LogP contribution is 2.05. The largest absolute Gasteiger partial charge is 0.462 e. The van der Waals surface area contributed by atoms with Crippen molar-refractivity contribution in [3.05, 3.63) is 12.2 Å². The summed E-state index contributed by atoms with van der Waals surface area (Å²) < 4.78 is 9.79. The molecule has 0 radical (unpaired) electrons. The lowest BCUT2D eigenvalue weighted by molar-refractivity contribution is -0.141. The van der Waals surface area contributed by atoms with Gasteiger partial charge in [0.05, 0.1) is 25.4 Å². The van der Waals surface area contributed by atoms with Crippen molar-refractivity contribution in [1.82, 2.24) is 0 Å². The highest BCUT2D eigenvalue weighted by atomic mass is 16.5. The van der Waals surface area contributed by atoms with Gasteiger partial charge >= 0.3 is 11.9 Å². The number of unbranched alkanes of at least 4 members (excludes halogenated alkanes) is 2. The standard InChI is InChI=1S/C18H32O6/c1-3-5-7-15(19)11-13-23-17(21)9-10-18(22)24-14-12-16(20)8-6-4-2/h9-10,15-16,19-20H,3-8,11-14H2,1-2H3/b10-9-. The van der Waals surface area contributed by atoms with Crippen molar-refractivity contribution in [1.29, 1.82) is 0 Å². The molecule has 0 fully saturated rings. The summed E-state index contributed by atoms with van der Waals surface area (Å²) in [5, 5.41) is 19.2. The second kappa shape index (κ2) is 15.1. The van der Waals surface area contributed by atoms with Crippen LogP contribution in [0.15, 0.2) is 12.2 Å². The maximum absolute atomic E-state index is 11.4. The molecule has 2 atom stereocenters. The van der Waals surface area contributed by atoms with Crippen LogP contribution in [0.3, 0.4) is 0 Å². The van der Waals surface area contributed by atoms with E-state index < -0.39 is 24.1 Å². The monoisotopic (exact) mass is 344 g/mol. The minimum Gasteiger partial charge on any atom is -0.462 e. The molecule has 0 rings (SSSR count). The Morgan fingerprint density at radius 2 is 1.17 bits per heavy atom. The van der Waals surface area contributed by atoms with Gasteiger partial charge in [0, 0.05) is 25.0 Å². The summed E-state index contributed by atoms with van der Waals surface area (Å²) in [4.78, 5) is 22.8. The lowest BCUT2D eigenvalue weighted by Crippen LogP contribution is -2.13.